The van der Waals surface area contributed by atoms with Crippen LogP contribution in [0.2, 0.25) is 0 Å². The van der Waals surface area contributed by atoms with Gasteiger partial charge >= 0.3 is 12.6 Å². The van der Waals surface area contributed by atoms with Crippen LogP contribution >= 0.6 is 0 Å². The van der Waals surface area contributed by atoms with Crippen LogP contribution in [0.4, 0.5) is 13.6 Å². The van der Waals surface area contributed by atoms with Crippen LogP contribution in [0.5, 0.6) is 5.75 Å². The highest BCUT2D eigenvalue weighted by molar-refractivity contribution is 5.86. The molecule has 0 radical (unpaired) electrons. The third kappa shape index (κ3) is 6.09. The molecule has 0 saturated heterocycles. The topological polar surface area (TPSA) is 93.5 Å². The number of benzene rings is 1. The molecule has 6 nitrogen and oxygen atoms in total. The molecular weight excluding hydrogens is 308 g/mol. The standard InChI is InChI=1S/C15H21F2N3O3/c1-3-9(2)12(20-15(18)22)13(21)19-8-10-6-4-5-7-11(10)23-14(16)17/h4-7,9,12,14H,3,8H2,1-2H3,(H,19,21)(H3,18,20,22)/t9-,12+/m1/s1. The van der Waals surface area contributed by atoms with E-state index >= 15 is 0 Å². The molecule has 0 aliphatic heterocycles. The van der Waals surface area contributed by atoms with Crippen LogP contribution in [0.25, 0.3) is 0 Å². The molecule has 128 valence electrons. The van der Waals surface area contributed by atoms with Gasteiger partial charge in [0.25, 0.3) is 0 Å². The summed E-state index contributed by atoms with van der Waals surface area (Å²) in [6, 6.07) is 4.57. The SMILES string of the molecule is CC[C@@H](C)[C@H](NC(N)=O)C(=O)NCc1ccccc1OC(F)F. The first-order chi connectivity index (χ1) is 10.8. The van der Waals surface area contributed by atoms with E-state index in [1.54, 1.807) is 25.1 Å². The summed E-state index contributed by atoms with van der Waals surface area (Å²) < 4.78 is 29.1. The summed E-state index contributed by atoms with van der Waals surface area (Å²) in [6.45, 7) is 0.721. The number of amides is 3. The Morgan fingerprint density at radius 3 is 2.52 bits per heavy atom. The van der Waals surface area contributed by atoms with Crippen molar-refractivity contribution < 1.29 is 23.1 Å². The van der Waals surface area contributed by atoms with Crippen molar-refractivity contribution in [2.24, 2.45) is 11.7 Å². The second-order valence-electron chi connectivity index (χ2n) is 5.08. The fourth-order valence-corrected chi connectivity index (χ4v) is 2.01. The lowest BCUT2D eigenvalue weighted by atomic mass is 9.98. The van der Waals surface area contributed by atoms with Crippen molar-refractivity contribution in [2.45, 2.75) is 39.5 Å². The summed E-state index contributed by atoms with van der Waals surface area (Å²) in [5, 5.41) is 4.99. The Morgan fingerprint density at radius 2 is 1.96 bits per heavy atom. The number of alkyl halides is 2. The third-order valence-electron chi connectivity index (χ3n) is 3.43. The van der Waals surface area contributed by atoms with Crippen LogP contribution in [0.15, 0.2) is 24.3 Å². The normalized spacial score (nSPS) is 13.3. The Bertz CT molecular complexity index is 540. The molecule has 4 N–H and O–H groups in total. The Balaban J connectivity index is 2.75. The maximum absolute atomic E-state index is 12.4. The maximum atomic E-state index is 12.4. The molecule has 0 bridgehead atoms. The van der Waals surface area contributed by atoms with Crippen LogP contribution in [0.3, 0.4) is 0 Å². The van der Waals surface area contributed by atoms with Crippen molar-refractivity contribution in [3.8, 4) is 5.75 Å². The minimum absolute atomic E-state index is 0.00486. The summed E-state index contributed by atoms with van der Waals surface area (Å²) in [7, 11) is 0. The zero-order valence-corrected chi connectivity index (χ0v) is 13.0. The second-order valence-corrected chi connectivity index (χ2v) is 5.08. The van der Waals surface area contributed by atoms with E-state index in [0.717, 1.165) is 0 Å². The Kier molecular flexibility index (Phi) is 7.24. The third-order valence-corrected chi connectivity index (χ3v) is 3.43. The summed E-state index contributed by atoms with van der Waals surface area (Å²) in [5.41, 5.74) is 5.48. The van der Waals surface area contributed by atoms with Crippen molar-refractivity contribution in [2.75, 3.05) is 0 Å². The quantitative estimate of drug-likeness (QED) is 0.681. The minimum Gasteiger partial charge on any atom is -0.434 e. The highest BCUT2D eigenvalue weighted by Gasteiger charge is 2.25. The first-order valence-corrected chi connectivity index (χ1v) is 7.21. The Labute approximate surface area is 133 Å². The summed E-state index contributed by atoms with van der Waals surface area (Å²) in [6.07, 6.45) is 0.656. The first-order valence-electron chi connectivity index (χ1n) is 7.21. The van der Waals surface area contributed by atoms with E-state index in [2.05, 4.69) is 15.4 Å². The molecular formula is C15H21F2N3O3. The number of hydrogen-bond acceptors (Lipinski definition) is 3. The molecule has 0 fully saturated rings. The molecule has 0 saturated carbocycles. The molecule has 0 heterocycles. The summed E-state index contributed by atoms with van der Waals surface area (Å²) in [5.74, 6) is -0.578. The number of nitrogens with two attached hydrogens (primary N) is 1. The van der Waals surface area contributed by atoms with E-state index < -0.39 is 24.6 Å². The number of carbonyl (C=O) groups excluding carboxylic acids is 2. The van der Waals surface area contributed by atoms with E-state index in [0.29, 0.717) is 12.0 Å². The van der Waals surface area contributed by atoms with Gasteiger partial charge in [0, 0.05) is 12.1 Å². The number of halogens is 2. The van der Waals surface area contributed by atoms with E-state index in [1.807, 2.05) is 6.92 Å². The Morgan fingerprint density at radius 1 is 1.30 bits per heavy atom. The minimum atomic E-state index is -2.95. The average Bonchev–Trinajstić information content (AvgIpc) is 2.50. The van der Waals surface area contributed by atoms with Crippen molar-refractivity contribution in [1.82, 2.24) is 10.6 Å². The maximum Gasteiger partial charge on any atom is 0.387 e. The molecule has 0 aromatic heterocycles. The molecule has 23 heavy (non-hydrogen) atoms. The van der Waals surface area contributed by atoms with E-state index in [-0.39, 0.29) is 18.2 Å². The lowest BCUT2D eigenvalue weighted by Crippen LogP contribution is -2.51. The summed E-state index contributed by atoms with van der Waals surface area (Å²) in [4.78, 5) is 23.2. The van der Waals surface area contributed by atoms with Crippen molar-refractivity contribution >= 4 is 11.9 Å². The number of nitrogens with one attached hydrogen (secondary N) is 2. The largest absolute Gasteiger partial charge is 0.434 e. The Hall–Kier alpha value is -2.38. The van der Waals surface area contributed by atoms with Crippen LogP contribution in [0.1, 0.15) is 25.8 Å². The monoisotopic (exact) mass is 329 g/mol. The average molecular weight is 329 g/mol. The van der Waals surface area contributed by atoms with E-state index in [9.17, 15) is 18.4 Å². The van der Waals surface area contributed by atoms with E-state index in [4.69, 9.17) is 5.73 Å². The molecule has 1 rings (SSSR count). The van der Waals surface area contributed by atoms with Gasteiger partial charge in [-0.05, 0) is 12.0 Å². The van der Waals surface area contributed by atoms with Gasteiger partial charge in [-0.25, -0.2) is 4.79 Å². The van der Waals surface area contributed by atoms with Gasteiger partial charge in [-0.2, -0.15) is 8.78 Å². The van der Waals surface area contributed by atoms with Gasteiger partial charge in [0.1, 0.15) is 11.8 Å². The van der Waals surface area contributed by atoms with Crippen molar-refractivity contribution in [1.29, 1.82) is 0 Å². The predicted octanol–water partition coefficient (Wildman–Crippen LogP) is 1.99. The zero-order valence-electron chi connectivity index (χ0n) is 13.0. The smallest absolute Gasteiger partial charge is 0.387 e. The van der Waals surface area contributed by atoms with E-state index in [1.165, 1.54) is 6.07 Å². The van der Waals surface area contributed by atoms with Crippen LogP contribution < -0.4 is 21.1 Å². The highest BCUT2D eigenvalue weighted by Crippen LogP contribution is 2.20. The van der Waals surface area contributed by atoms with Crippen LogP contribution in [0, 0.1) is 5.92 Å². The van der Waals surface area contributed by atoms with Crippen molar-refractivity contribution in [3.63, 3.8) is 0 Å². The number of primary amides is 1. The number of carbonyl (C=O) groups is 2. The lowest BCUT2D eigenvalue weighted by molar-refractivity contribution is -0.124. The lowest BCUT2D eigenvalue weighted by Gasteiger charge is -2.22. The molecule has 0 spiro atoms. The van der Waals surface area contributed by atoms with Gasteiger partial charge in [-0.1, -0.05) is 38.5 Å². The highest BCUT2D eigenvalue weighted by atomic mass is 19.3. The number of rotatable bonds is 8. The van der Waals surface area contributed by atoms with Crippen LogP contribution in [-0.2, 0) is 11.3 Å². The molecule has 0 aliphatic carbocycles. The van der Waals surface area contributed by atoms with Gasteiger partial charge < -0.3 is 21.1 Å². The number of para-hydroxylation sites is 1. The van der Waals surface area contributed by atoms with Gasteiger partial charge in [0.05, 0.1) is 0 Å². The number of hydrogen-bond donors (Lipinski definition) is 3. The zero-order chi connectivity index (χ0) is 17.4. The van der Waals surface area contributed by atoms with Gasteiger partial charge in [-0.15, -0.1) is 0 Å². The fraction of sp³-hybridized carbons (Fsp3) is 0.467. The van der Waals surface area contributed by atoms with Crippen molar-refractivity contribution in [3.05, 3.63) is 29.8 Å². The molecule has 0 aliphatic rings. The van der Waals surface area contributed by atoms with Gasteiger partial charge in [0.15, 0.2) is 0 Å². The van der Waals surface area contributed by atoms with Gasteiger partial charge in [-0.3, -0.25) is 4.79 Å². The fourth-order valence-electron chi connectivity index (χ4n) is 2.01. The van der Waals surface area contributed by atoms with Crippen LogP contribution in [-0.4, -0.2) is 24.6 Å². The predicted molar refractivity (Wildman–Crippen MR) is 80.9 cm³/mol. The second kappa shape index (κ2) is 8.92. The number of ether oxygens (including phenoxy) is 1. The molecule has 1 aromatic carbocycles. The molecule has 3 amide bonds. The first kappa shape index (κ1) is 18.7. The summed E-state index contributed by atoms with van der Waals surface area (Å²) >= 11 is 0. The molecule has 2 atom stereocenters. The molecule has 0 unspecified atom stereocenters. The number of urea groups is 1. The molecule has 1 aromatic rings. The van der Waals surface area contributed by atoms with Gasteiger partial charge in [0.2, 0.25) is 5.91 Å². The molecule has 8 heteroatoms.